The molecular formula is C17H27N3O5S. The van der Waals surface area contributed by atoms with Gasteiger partial charge < -0.3 is 9.64 Å². The predicted octanol–water partition coefficient (Wildman–Crippen LogP) is 2.98. The van der Waals surface area contributed by atoms with E-state index in [4.69, 9.17) is 9.07 Å². The smallest absolute Gasteiger partial charge is 0.311 e. The third-order valence-electron chi connectivity index (χ3n) is 4.61. The van der Waals surface area contributed by atoms with Crippen LogP contribution in [0.5, 0.6) is 5.75 Å². The Morgan fingerprint density at radius 3 is 2.73 bits per heavy atom. The van der Waals surface area contributed by atoms with Crippen molar-refractivity contribution in [1.82, 2.24) is 4.90 Å². The van der Waals surface area contributed by atoms with Crippen molar-refractivity contribution in [3.05, 3.63) is 28.3 Å². The zero-order valence-corrected chi connectivity index (χ0v) is 16.5. The first kappa shape index (κ1) is 20.8. The summed E-state index contributed by atoms with van der Waals surface area (Å²) in [7, 11) is 2.96. The summed E-state index contributed by atoms with van der Waals surface area (Å²) in [6, 6.07) is 5.47. The Hall–Kier alpha value is -1.55. The summed E-state index contributed by atoms with van der Waals surface area (Å²) in [4.78, 5) is 20.0. The zero-order chi connectivity index (χ0) is 19.1. The highest BCUT2D eigenvalue weighted by atomic mass is 32.2. The summed E-state index contributed by atoms with van der Waals surface area (Å²) in [5, 5.41) is 11.1. The van der Waals surface area contributed by atoms with E-state index in [9.17, 15) is 10.1 Å². The Morgan fingerprint density at radius 1 is 1.35 bits per heavy atom. The number of methoxy groups -OCH3 is 1. The fourth-order valence-electron chi connectivity index (χ4n) is 3.24. The number of hydrogen-bond donors (Lipinski definition) is 0. The van der Waals surface area contributed by atoms with Crippen LogP contribution in [0, 0.1) is 16.0 Å². The number of nitrogens with zero attached hydrogens (tertiary/aromatic N) is 3. The second-order valence-electron chi connectivity index (χ2n) is 6.46. The minimum atomic E-state index is -0.419. The van der Waals surface area contributed by atoms with Gasteiger partial charge >= 0.3 is 5.69 Å². The van der Waals surface area contributed by atoms with Crippen LogP contribution in [0.25, 0.3) is 0 Å². The van der Waals surface area contributed by atoms with Gasteiger partial charge in [-0.3, -0.25) is 15.0 Å². The van der Waals surface area contributed by atoms with E-state index in [1.165, 1.54) is 32.3 Å². The van der Waals surface area contributed by atoms with E-state index in [1.807, 2.05) is 0 Å². The van der Waals surface area contributed by atoms with Crippen molar-refractivity contribution >= 4 is 23.4 Å². The summed E-state index contributed by atoms with van der Waals surface area (Å²) in [5.74, 6) is 1.62. The van der Waals surface area contributed by atoms with Crippen LogP contribution in [0.2, 0.25) is 0 Å². The van der Waals surface area contributed by atoms with Crippen molar-refractivity contribution in [2.45, 2.75) is 19.9 Å². The quantitative estimate of drug-likeness (QED) is 0.211. The van der Waals surface area contributed by atoms with Gasteiger partial charge in [-0.05, 0) is 12.0 Å². The van der Waals surface area contributed by atoms with E-state index >= 15 is 0 Å². The molecule has 1 heterocycles. The normalized spacial score (nSPS) is 18.3. The second-order valence-corrected chi connectivity index (χ2v) is 7.24. The molecule has 1 aliphatic heterocycles. The molecule has 9 heteroatoms. The molecule has 0 aromatic heterocycles. The molecule has 1 aromatic carbocycles. The van der Waals surface area contributed by atoms with Gasteiger partial charge in [0.05, 0.1) is 19.1 Å². The van der Waals surface area contributed by atoms with Gasteiger partial charge in [0.25, 0.3) is 0 Å². The third-order valence-corrected chi connectivity index (χ3v) is 5.19. The van der Waals surface area contributed by atoms with E-state index < -0.39 is 4.92 Å². The lowest BCUT2D eigenvalue weighted by molar-refractivity contribution is -0.385. The van der Waals surface area contributed by atoms with E-state index in [0.29, 0.717) is 17.7 Å². The Labute approximate surface area is 158 Å². The molecule has 1 atom stereocenters. The van der Waals surface area contributed by atoms with Crippen LogP contribution in [-0.2, 0) is 9.22 Å². The van der Waals surface area contributed by atoms with Crippen molar-refractivity contribution in [2.24, 2.45) is 5.92 Å². The lowest BCUT2D eigenvalue weighted by Crippen LogP contribution is -2.55. The van der Waals surface area contributed by atoms with E-state index in [0.717, 1.165) is 37.6 Å². The van der Waals surface area contributed by atoms with Gasteiger partial charge in [0.1, 0.15) is 0 Å². The summed E-state index contributed by atoms with van der Waals surface area (Å²) >= 11 is 1.31. The van der Waals surface area contributed by atoms with Gasteiger partial charge in [-0.1, -0.05) is 13.8 Å². The zero-order valence-electron chi connectivity index (χ0n) is 15.7. The largest absolute Gasteiger partial charge is 0.490 e. The summed E-state index contributed by atoms with van der Waals surface area (Å²) in [5.41, 5.74) is 0.945. The molecule has 0 saturated carbocycles. The van der Waals surface area contributed by atoms with Gasteiger partial charge in [-0.15, -0.1) is 0 Å². The maximum atomic E-state index is 11.1. The average molecular weight is 385 g/mol. The van der Waals surface area contributed by atoms with Crippen molar-refractivity contribution in [1.29, 1.82) is 0 Å². The van der Waals surface area contributed by atoms with Crippen molar-refractivity contribution in [2.75, 3.05) is 51.1 Å². The summed E-state index contributed by atoms with van der Waals surface area (Å²) in [6.45, 7) is 8.02. The number of rotatable bonds is 9. The average Bonchev–Trinajstić information content (AvgIpc) is 2.64. The number of nitro groups is 1. The maximum absolute atomic E-state index is 11.1. The van der Waals surface area contributed by atoms with Gasteiger partial charge in [0.2, 0.25) is 0 Å². The Bertz CT molecular complexity index is 602. The first-order valence-electron chi connectivity index (χ1n) is 8.61. The molecule has 0 bridgehead atoms. The van der Waals surface area contributed by atoms with Crippen LogP contribution in [0.15, 0.2) is 18.2 Å². The van der Waals surface area contributed by atoms with Crippen LogP contribution in [0.3, 0.4) is 0 Å². The standard InChI is InChI=1S/C17H27N3O5S/c1-13(2)16-12-19(8-7-18(16)9-10-26-25-24-4)14-5-6-15(20(21)22)17(11-14)23-3/h5-6,11,13,16H,7-10,12H2,1-4H3/t16-/m1/s1. The summed E-state index contributed by atoms with van der Waals surface area (Å²) < 4.78 is 10.1. The molecule has 0 N–H and O–H groups in total. The molecule has 1 aliphatic rings. The molecule has 0 aliphatic carbocycles. The van der Waals surface area contributed by atoms with Crippen molar-refractivity contribution < 1.29 is 18.9 Å². The maximum Gasteiger partial charge on any atom is 0.311 e. The number of piperazine rings is 1. The Morgan fingerprint density at radius 2 is 2.12 bits per heavy atom. The molecule has 2 rings (SSSR count). The molecule has 26 heavy (non-hydrogen) atoms. The van der Waals surface area contributed by atoms with Gasteiger partial charge in [0.15, 0.2) is 5.75 Å². The minimum Gasteiger partial charge on any atom is -0.490 e. The molecule has 146 valence electrons. The molecule has 0 amide bonds. The van der Waals surface area contributed by atoms with Gasteiger partial charge in [-0.25, -0.2) is 4.89 Å². The fraction of sp³-hybridized carbons (Fsp3) is 0.647. The second kappa shape index (κ2) is 9.96. The molecule has 0 unspecified atom stereocenters. The fourth-order valence-corrected chi connectivity index (χ4v) is 3.72. The first-order chi connectivity index (χ1) is 12.5. The van der Waals surface area contributed by atoms with E-state index in [-0.39, 0.29) is 5.69 Å². The van der Waals surface area contributed by atoms with Gasteiger partial charge in [-0.2, -0.15) is 4.33 Å². The lowest BCUT2D eigenvalue weighted by atomic mass is 9.99. The number of hydrogen-bond acceptors (Lipinski definition) is 8. The van der Waals surface area contributed by atoms with Crippen LogP contribution < -0.4 is 9.64 Å². The van der Waals surface area contributed by atoms with E-state index in [2.05, 4.69) is 28.5 Å². The molecule has 1 saturated heterocycles. The van der Waals surface area contributed by atoms with Gasteiger partial charge in [0, 0.05) is 67.8 Å². The molecule has 1 fully saturated rings. The van der Waals surface area contributed by atoms with Crippen molar-refractivity contribution in [3.8, 4) is 5.75 Å². The highest BCUT2D eigenvalue weighted by Gasteiger charge is 2.30. The molecule has 0 radical (unpaired) electrons. The number of nitro benzene ring substituents is 1. The van der Waals surface area contributed by atoms with Crippen molar-refractivity contribution in [3.63, 3.8) is 0 Å². The molecular weight excluding hydrogens is 358 g/mol. The Balaban J connectivity index is 2.07. The molecule has 8 nitrogen and oxygen atoms in total. The van der Waals surface area contributed by atoms with Crippen LogP contribution >= 0.6 is 12.0 Å². The lowest BCUT2D eigenvalue weighted by Gasteiger charge is -2.44. The van der Waals surface area contributed by atoms with Crippen LogP contribution in [0.4, 0.5) is 11.4 Å². The highest BCUT2D eigenvalue weighted by Crippen LogP contribution is 2.32. The predicted molar refractivity (Wildman–Crippen MR) is 103 cm³/mol. The monoisotopic (exact) mass is 385 g/mol. The molecule has 1 aromatic rings. The number of anilines is 1. The first-order valence-corrected chi connectivity index (χ1v) is 9.52. The Kier molecular flexibility index (Phi) is 7.95. The molecule has 0 spiro atoms. The topological polar surface area (TPSA) is 77.3 Å². The van der Waals surface area contributed by atoms with Crippen LogP contribution in [0.1, 0.15) is 13.8 Å². The number of ether oxygens (including phenoxy) is 1. The minimum absolute atomic E-state index is 0.00883. The SMILES string of the molecule is COOSCCN1CCN(c2ccc([N+](=O)[O-])c(OC)c2)C[C@@H]1C(C)C. The van der Waals surface area contributed by atoms with Crippen LogP contribution in [-0.4, -0.2) is 62.0 Å². The number of benzene rings is 1. The van der Waals surface area contributed by atoms with E-state index in [1.54, 1.807) is 12.1 Å². The summed E-state index contributed by atoms with van der Waals surface area (Å²) in [6.07, 6.45) is 0. The third kappa shape index (κ3) is 5.23. The highest BCUT2D eigenvalue weighted by molar-refractivity contribution is 7.94.